The summed E-state index contributed by atoms with van der Waals surface area (Å²) < 4.78 is 115. The molecule has 1 aliphatic heterocycles. The van der Waals surface area contributed by atoms with E-state index in [0.29, 0.717) is 16.5 Å². The van der Waals surface area contributed by atoms with Crippen LogP contribution in [-0.4, -0.2) is 68.4 Å². The van der Waals surface area contributed by atoms with Crippen LogP contribution in [-0.2, 0) is 30.9 Å². The second-order valence-corrected chi connectivity index (χ2v) is 17.0. The Morgan fingerprint density at radius 1 is 0.849 bits per heavy atom. The maximum atomic E-state index is 16.5. The van der Waals surface area contributed by atoms with Crippen LogP contribution in [0.4, 0.5) is 26.7 Å². The fourth-order valence-corrected chi connectivity index (χ4v) is 8.31. The summed E-state index contributed by atoms with van der Waals surface area (Å²) in [5.74, 6) is -4.78. The number of hydrogen-bond donors (Lipinski definition) is 2. The van der Waals surface area contributed by atoms with Crippen molar-refractivity contribution >= 4 is 32.8 Å². The number of benzene rings is 3. The van der Waals surface area contributed by atoms with E-state index < -0.39 is 62.8 Å². The molecule has 1 atom stereocenters. The molecule has 2 amide bonds. The maximum Gasteiger partial charge on any atom is 0.407 e. The van der Waals surface area contributed by atoms with E-state index in [1.165, 1.54) is 18.2 Å². The summed E-state index contributed by atoms with van der Waals surface area (Å²) in [6.45, 7) is 4.93. The van der Waals surface area contributed by atoms with Crippen molar-refractivity contribution in [3.8, 4) is 5.75 Å². The van der Waals surface area contributed by atoms with Gasteiger partial charge in [-0.3, -0.25) is 4.79 Å². The van der Waals surface area contributed by atoms with E-state index in [1.54, 1.807) is 39.0 Å². The molecule has 0 radical (unpaired) electrons. The van der Waals surface area contributed by atoms with Crippen LogP contribution in [0.1, 0.15) is 83.3 Å². The van der Waals surface area contributed by atoms with E-state index in [1.807, 2.05) is 4.72 Å². The average molecular weight is 766 g/mol. The monoisotopic (exact) mass is 765 g/mol. The van der Waals surface area contributed by atoms with E-state index >= 15 is 8.78 Å². The van der Waals surface area contributed by atoms with Crippen LogP contribution in [0.25, 0.3) is 10.8 Å². The van der Waals surface area contributed by atoms with Crippen LogP contribution in [0.3, 0.4) is 0 Å². The molecule has 15 heteroatoms. The van der Waals surface area contributed by atoms with Gasteiger partial charge in [0.2, 0.25) is 15.9 Å². The van der Waals surface area contributed by atoms with Gasteiger partial charge in [-0.15, -0.1) is 0 Å². The predicted molar refractivity (Wildman–Crippen MR) is 187 cm³/mol. The summed E-state index contributed by atoms with van der Waals surface area (Å²) in [7, 11) is -4.77. The number of alkyl carbamates (subject to hydrolysis) is 1. The van der Waals surface area contributed by atoms with Crippen LogP contribution < -0.4 is 14.8 Å². The zero-order valence-electron chi connectivity index (χ0n) is 29.8. The molecule has 6 rings (SSSR count). The van der Waals surface area contributed by atoms with Gasteiger partial charge >= 0.3 is 12.3 Å². The molecule has 9 nitrogen and oxygen atoms in total. The number of carbonyl (C=O) groups is 2. The quantitative estimate of drug-likeness (QED) is 0.205. The average Bonchev–Trinajstić information content (AvgIpc) is 3.77. The molecular formula is C38H44F5N3O6S. The van der Waals surface area contributed by atoms with E-state index in [2.05, 4.69) is 5.32 Å². The maximum absolute atomic E-state index is 16.5. The Hall–Kier alpha value is -3.98. The molecule has 3 aromatic carbocycles. The lowest BCUT2D eigenvalue weighted by Gasteiger charge is -2.36. The van der Waals surface area contributed by atoms with Gasteiger partial charge in [-0.05, 0) is 113 Å². The largest absolute Gasteiger partial charge is 0.490 e. The highest BCUT2D eigenvalue weighted by Gasteiger charge is 2.64. The lowest BCUT2D eigenvalue weighted by Crippen LogP contribution is -2.58. The number of nitrogens with zero attached hydrogens (tertiary/aromatic N) is 1. The Morgan fingerprint density at radius 2 is 1.45 bits per heavy atom. The fourth-order valence-electron chi connectivity index (χ4n) is 7.08. The van der Waals surface area contributed by atoms with E-state index in [9.17, 15) is 31.2 Å². The first-order valence-corrected chi connectivity index (χ1v) is 19.3. The number of fused-ring (bicyclic) bond motifs is 1. The highest BCUT2D eigenvalue weighted by Crippen LogP contribution is 2.59. The Bertz CT molecular complexity index is 1930. The van der Waals surface area contributed by atoms with Gasteiger partial charge in [0.25, 0.3) is 5.92 Å². The SMILES string of the molecule is CC(C)(C)OC(=O)NC1CCN(C(=O)[C@H](NS(=O)(=O)c2ccc3cc(OC4CCCC4)ccc3c2)C(F)(F)c2ccc(C3(C(F)(F)F)CC3)cc2)CC1. The summed E-state index contributed by atoms with van der Waals surface area (Å²) in [5, 5.41) is 3.86. The number of amides is 2. The molecule has 2 N–H and O–H groups in total. The second kappa shape index (κ2) is 14.3. The van der Waals surface area contributed by atoms with E-state index in [0.717, 1.165) is 54.8 Å². The van der Waals surface area contributed by atoms with E-state index in [4.69, 9.17) is 9.47 Å². The van der Waals surface area contributed by atoms with Crippen molar-refractivity contribution in [1.29, 1.82) is 0 Å². The third kappa shape index (κ3) is 8.56. The van der Waals surface area contributed by atoms with Crippen LogP contribution in [0, 0.1) is 0 Å². The molecule has 3 aliphatic rings. The molecule has 53 heavy (non-hydrogen) atoms. The van der Waals surface area contributed by atoms with Gasteiger partial charge in [0.1, 0.15) is 11.4 Å². The zero-order valence-corrected chi connectivity index (χ0v) is 30.6. The normalized spacial score (nSPS) is 19.2. The Morgan fingerprint density at radius 3 is 2.04 bits per heavy atom. The number of rotatable bonds is 10. The Kier molecular flexibility index (Phi) is 10.5. The van der Waals surface area contributed by atoms with Gasteiger partial charge in [-0.25, -0.2) is 13.2 Å². The topological polar surface area (TPSA) is 114 Å². The number of ether oxygens (including phenoxy) is 2. The molecule has 0 unspecified atom stereocenters. The van der Waals surface area contributed by atoms with Crippen molar-refractivity contribution in [2.45, 2.75) is 118 Å². The minimum Gasteiger partial charge on any atom is -0.490 e. The summed E-state index contributed by atoms with van der Waals surface area (Å²) in [5.41, 5.74) is -3.87. The number of carbonyl (C=O) groups excluding carboxylic acids is 2. The number of halogens is 5. The molecule has 2 aliphatic carbocycles. The fraction of sp³-hybridized carbons (Fsp3) is 0.526. The predicted octanol–water partition coefficient (Wildman–Crippen LogP) is 7.71. The first kappa shape index (κ1) is 38.7. The van der Waals surface area contributed by atoms with Gasteiger partial charge in [0.05, 0.1) is 16.4 Å². The van der Waals surface area contributed by atoms with Gasteiger partial charge < -0.3 is 19.7 Å². The van der Waals surface area contributed by atoms with Crippen LogP contribution >= 0.6 is 0 Å². The molecule has 3 aromatic rings. The summed E-state index contributed by atoms with van der Waals surface area (Å²) in [6, 6.07) is 9.70. The van der Waals surface area contributed by atoms with Crippen LogP contribution in [0.2, 0.25) is 0 Å². The lowest BCUT2D eigenvalue weighted by atomic mass is 9.92. The third-order valence-electron chi connectivity index (χ3n) is 10.2. The van der Waals surface area contributed by atoms with Crippen molar-refractivity contribution in [2.75, 3.05) is 13.1 Å². The minimum absolute atomic E-state index is 0.0815. The van der Waals surface area contributed by atoms with Gasteiger partial charge in [0.15, 0.2) is 6.04 Å². The molecule has 2 saturated carbocycles. The summed E-state index contributed by atoms with van der Waals surface area (Å²) in [6.07, 6.45) is -1.05. The zero-order chi connectivity index (χ0) is 38.4. The lowest BCUT2D eigenvalue weighted by molar-refractivity contribution is -0.160. The Balaban J connectivity index is 1.25. The number of alkyl halides is 5. The number of nitrogens with one attached hydrogen (secondary N) is 2. The second-order valence-electron chi connectivity index (χ2n) is 15.3. The number of piperidine rings is 1. The Labute approximate surface area is 305 Å². The third-order valence-corrected chi connectivity index (χ3v) is 11.6. The molecule has 3 fully saturated rings. The molecule has 1 heterocycles. The smallest absolute Gasteiger partial charge is 0.407 e. The molecule has 0 spiro atoms. The number of sulfonamides is 1. The number of likely N-dealkylation sites (tertiary alicyclic amines) is 1. The highest BCUT2D eigenvalue weighted by molar-refractivity contribution is 7.89. The number of hydrogen-bond acceptors (Lipinski definition) is 6. The van der Waals surface area contributed by atoms with Crippen LogP contribution in [0.5, 0.6) is 5.75 Å². The van der Waals surface area contributed by atoms with Crippen molar-refractivity contribution < 1.29 is 49.4 Å². The molecule has 0 aromatic heterocycles. The summed E-state index contributed by atoms with van der Waals surface area (Å²) >= 11 is 0. The van der Waals surface area contributed by atoms with Crippen molar-refractivity contribution in [2.24, 2.45) is 0 Å². The molecule has 1 saturated heterocycles. The molecular weight excluding hydrogens is 721 g/mol. The van der Waals surface area contributed by atoms with Crippen molar-refractivity contribution in [1.82, 2.24) is 14.9 Å². The first-order valence-electron chi connectivity index (χ1n) is 17.8. The minimum atomic E-state index is -4.77. The van der Waals surface area contributed by atoms with Gasteiger partial charge in [0, 0.05) is 24.7 Å². The summed E-state index contributed by atoms with van der Waals surface area (Å²) in [4.78, 5) is 27.0. The van der Waals surface area contributed by atoms with Gasteiger partial charge in [-0.2, -0.15) is 26.7 Å². The van der Waals surface area contributed by atoms with Crippen molar-refractivity contribution in [3.63, 3.8) is 0 Å². The first-order chi connectivity index (χ1) is 24.8. The molecule has 288 valence electrons. The standard InChI is InChI=1S/C38H44F5N3O6S/c1-35(2,3)52-34(48)44-28-16-20-46(21-17-28)33(47)32(37(39,40)27-12-10-26(11-13-27)36(18-19-36)38(41,42)43)45-53(49,50)31-15-9-24-22-30(14-8-25(24)23-31)51-29-6-4-5-7-29/h8-15,22-23,28-29,32,45H,4-7,16-21H2,1-3H3,(H,44,48)/t32-/m0/s1. The highest BCUT2D eigenvalue weighted by atomic mass is 32.2. The van der Waals surface area contributed by atoms with Crippen LogP contribution in [0.15, 0.2) is 65.6 Å². The van der Waals surface area contributed by atoms with Gasteiger partial charge in [-0.1, -0.05) is 36.4 Å². The van der Waals surface area contributed by atoms with Crippen molar-refractivity contribution in [3.05, 3.63) is 71.8 Å². The van der Waals surface area contributed by atoms with E-state index in [-0.39, 0.29) is 55.3 Å². The molecule has 0 bridgehead atoms.